The van der Waals surface area contributed by atoms with E-state index in [1.54, 1.807) is 17.4 Å². The van der Waals surface area contributed by atoms with Crippen molar-refractivity contribution >= 4 is 49.0 Å². The third-order valence-electron chi connectivity index (χ3n) is 3.88. The van der Waals surface area contributed by atoms with Gasteiger partial charge in [-0.15, -0.1) is 11.3 Å². The van der Waals surface area contributed by atoms with Crippen molar-refractivity contribution in [2.24, 2.45) is 0 Å². The average molecular weight is 348 g/mol. The molecular formula is C16H13FN2O2S2. The molecule has 0 fully saturated rings. The highest BCUT2D eigenvalue weighted by Crippen LogP contribution is 2.41. The zero-order valence-electron chi connectivity index (χ0n) is 12.3. The number of benzene rings is 1. The van der Waals surface area contributed by atoms with Gasteiger partial charge in [0.1, 0.15) is 10.8 Å². The number of thiophene rings is 1. The van der Waals surface area contributed by atoms with E-state index in [0.29, 0.717) is 10.7 Å². The second-order valence-corrected chi connectivity index (χ2v) is 7.44. The third-order valence-corrected chi connectivity index (χ3v) is 6.02. The van der Waals surface area contributed by atoms with E-state index in [-0.39, 0.29) is 11.8 Å². The Morgan fingerprint density at radius 1 is 1.35 bits per heavy atom. The summed E-state index contributed by atoms with van der Waals surface area (Å²) in [5.74, 6) is -0.600. The van der Waals surface area contributed by atoms with E-state index in [4.69, 9.17) is 4.74 Å². The van der Waals surface area contributed by atoms with Crippen LogP contribution in [0, 0.1) is 5.82 Å². The Balaban J connectivity index is 1.74. The Labute approximate surface area is 139 Å². The molecule has 1 aliphatic rings. The zero-order valence-corrected chi connectivity index (χ0v) is 13.9. The molecule has 0 saturated carbocycles. The first-order valence-electron chi connectivity index (χ1n) is 7.21. The first-order chi connectivity index (χ1) is 11.2. The van der Waals surface area contributed by atoms with Crippen molar-refractivity contribution in [3.8, 4) is 0 Å². The van der Waals surface area contributed by atoms with Crippen LogP contribution in [0.5, 0.6) is 0 Å². The molecule has 1 aliphatic carbocycles. The highest BCUT2D eigenvalue weighted by Gasteiger charge is 2.27. The second kappa shape index (κ2) is 5.58. The fraction of sp³-hybridized carbons (Fsp3) is 0.250. The largest absolute Gasteiger partial charge is 0.465 e. The Hall–Kier alpha value is -1.99. The van der Waals surface area contributed by atoms with Crippen LogP contribution in [0.2, 0.25) is 0 Å². The quantitative estimate of drug-likeness (QED) is 0.707. The molecule has 4 rings (SSSR count). The van der Waals surface area contributed by atoms with Gasteiger partial charge in [0.05, 0.1) is 22.9 Å². The molecule has 0 atom stereocenters. The number of methoxy groups -OCH3 is 1. The molecule has 1 N–H and O–H groups in total. The average Bonchev–Trinajstić information content (AvgIpc) is 3.19. The zero-order chi connectivity index (χ0) is 16.0. The summed E-state index contributed by atoms with van der Waals surface area (Å²) in [6, 6.07) is 4.52. The standard InChI is InChI=1S/C16H13FN2O2S2/c1-21-15(20)13-9-3-2-4-11(9)22-14(13)19-16-18-10-6-5-8(17)7-12(10)23-16/h5-7H,2-4H2,1H3,(H,18,19). The van der Waals surface area contributed by atoms with E-state index < -0.39 is 0 Å². The van der Waals surface area contributed by atoms with Gasteiger partial charge in [-0.25, -0.2) is 14.2 Å². The number of ether oxygens (including phenoxy) is 1. The van der Waals surface area contributed by atoms with Gasteiger partial charge in [-0.1, -0.05) is 11.3 Å². The second-order valence-electron chi connectivity index (χ2n) is 5.31. The molecule has 0 unspecified atom stereocenters. The smallest absolute Gasteiger partial charge is 0.341 e. The summed E-state index contributed by atoms with van der Waals surface area (Å²) in [5, 5.41) is 4.64. The number of thiazole rings is 1. The summed E-state index contributed by atoms with van der Waals surface area (Å²) >= 11 is 2.95. The molecule has 0 radical (unpaired) electrons. The van der Waals surface area contributed by atoms with Gasteiger partial charge in [0, 0.05) is 4.88 Å². The van der Waals surface area contributed by atoms with Crippen molar-refractivity contribution in [2.45, 2.75) is 19.3 Å². The van der Waals surface area contributed by atoms with Crippen LogP contribution < -0.4 is 5.32 Å². The number of nitrogens with one attached hydrogen (secondary N) is 1. The van der Waals surface area contributed by atoms with Gasteiger partial charge in [0.2, 0.25) is 0 Å². The molecule has 2 heterocycles. The lowest BCUT2D eigenvalue weighted by molar-refractivity contribution is 0.0601. The number of halogens is 1. The fourth-order valence-electron chi connectivity index (χ4n) is 2.86. The van der Waals surface area contributed by atoms with Crippen molar-refractivity contribution in [2.75, 3.05) is 12.4 Å². The van der Waals surface area contributed by atoms with Crippen LogP contribution >= 0.6 is 22.7 Å². The lowest BCUT2D eigenvalue weighted by atomic mass is 10.1. The molecule has 1 aromatic carbocycles. The van der Waals surface area contributed by atoms with Gasteiger partial charge in [-0.05, 0) is 43.0 Å². The van der Waals surface area contributed by atoms with Crippen molar-refractivity contribution in [1.29, 1.82) is 0 Å². The van der Waals surface area contributed by atoms with E-state index in [0.717, 1.165) is 40.0 Å². The summed E-state index contributed by atoms with van der Waals surface area (Å²) in [6.07, 6.45) is 2.98. The van der Waals surface area contributed by atoms with Crippen molar-refractivity contribution < 1.29 is 13.9 Å². The number of nitrogens with zero attached hydrogens (tertiary/aromatic N) is 1. The lowest BCUT2D eigenvalue weighted by Gasteiger charge is -2.05. The monoisotopic (exact) mass is 348 g/mol. The Morgan fingerprint density at radius 3 is 3.04 bits per heavy atom. The van der Waals surface area contributed by atoms with Gasteiger partial charge in [0.25, 0.3) is 0 Å². The minimum atomic E-state index is -0.320. The van der Waals surface area contributed by atoms with E-state index in [1.165, 1.54) is 35.5 Å². The first kappa shape index (κ1) is 14.6. The molecule has 0 aliphatic heterocycles. The summed E-state index contributed by atoms with van der Waals surface area (Å²) < 4.78 is 19.0. The number of hydrogen-bond acceptors (Lipinski definition) is 6. The fourth-order valence-corrected chi connectivity index (χ4v) is 5.10. The summed E-state index contributed by atoms with van der Waals surface area (Å²) in [5.41, 5.74) is 2.45. The molecule has 2 aromatic heterocycles. The van der Waals surface area contributed by atoms with E-state index in [2.05, 4.69) is 10.3 Å². The van der Waals surface area contributed by atoms with Crippen LogP contribution in [0.25, 0.3) is 10.2 Å². The lowest BCUT2D eigenvalue weighted by Crippen LogP contribution is -2.05. The van der Waals surface area contributed by atoms with Gasteiger partial charge in [-0.2, -0.15) is 0 Å². The molecule has 7 heteroatoms. The van der Waals surface area contributed by atoms with Crippen molar-refractivity contribution in [3.63, 3.8) is 0 Å². The van der Waals surface area contributed by atoms with E-state index in [1.807, 2.05) is 0 Å². The minimum Gasteiger partial charge on any atom is -0.465 e. The van der Waals surface area contributed by atoms with Crippen LogP contribution in [0.1, 0.15) is 27.2 Å². The van der Waals surface area contributed by atoms with Crippen LogP contribution in [0.4, 0.5) is 14.5 Å². The third kappa shape index (κ3) is 2.49. The summed E-state index contributed by atoms with van der Waals surface area (Å²) in [6.45, 7) is 0. The molecule has 0 spiro atoms. The molecule has 23 heavy (non-hydrogen) atoms. The topological polar surface area (TPSA) is 51.2 Å². The molecule has 0 bridgehead atoms. The highest BCUT2D eigenvalue weighted by atomic mass is 32.1. The van der Waals surface area contributed by atoms with Gasteiger partial charge in [-0.3, -0.25) is 0 Å². The number of aryl methyl sites for hydroxylation is 1. The van der Waals surface area contributed by atoms with Crippen molar-refractivity contribution in [3.05, 3.63) is 40.0 Å². The molecule has 3 aromatic rings. The van der Waals surface area contributed by atoms with Crippen molar-refractivity contribution in [1.82, 2.24) is 4.98 Å². The van der Waals surface area contributed by atoms with E-state index >= 15 is 0 Å². The molecular weight excluding hydrogens is 335 g/mol. The first-order valence-corrected chi connectivity index (χ1v) is 8.85. The maximum Gasteiger partial charge on any atom is 0.341 e. The number of carbonyl (C=O) groups is 1. The number of hydrogen-bond donors (Lipinski definition) is 1. The maximum absolute atomic E-state index is 13.3. The van der Waals surface area contributed by atoms with Crippen LogP contribution in [-0.2, 0) is 17.6 Å². The predicted octanol–water partition coefficient (Wildman–Crippen LogP) is 4.52. The molecule has 118 valence electrons. The van der Waals surface area contributed by atoms with Gasteiger partial charge >= 0.3 is 5.97 Å². The number of rotatable bonds is 3. The normalized spacial score (nSPS) is 13.3. The Bertz CT molecular complexity index is 916. The van der Waals surface area contributed by atoms with Gasteiger partial charge < -0.3 is 10.1 Å². The molecule has 0 amide bonds. The van der Waals surface area contributed by atoms with Crippen LogP contribution in [-0.4, -0.2) is 18.1 Å². The molecule has 4 nitrogen and oxygen atoms in total. The number of fused-ring (bicyclic) bond motifs is 2. The Morgan fingerprint density at radius 2 is 2.22 bits per heavy atom. The van der Waals surface area contributed by atoms with E-state index in [9.17, 15) is 9.18 Å². The van der Waals surface area contributed by atoms with Gasteiger partial charge in [0.15, 0.2) is 5.13 Å². The van der Waals surface area contributed by atoms with Crippen LogP contribution in [0.15, 0.2) is 18.2 Å². The number of esters is 1. The number of aromatic nitrogens is 1. The Kier molecular flexibility index (Phi) is 3.54. The summed E-state index contributed by atoms with van der Waals surface area (Å²) in [7, 11) is 1.39. The predicted molar refractivity (Wildman–Crippen MR) is 90.5 cm³/mol. The summed E-state index contributed by atoms with van der Waals surface area (Å²) in [4.78, 5) is 17.8. The molecule has 0 saturated heterocycles. The minimum absolute atomic E-state index is 0.280. The number of anilines is 2. The maximum atomic E-state index is 13.3. The van der Waals surface area contributed by atoms with Crippen LogP contribution in [0.3, 0.4) is 0 Å². The SMILES string of the molecule is COC(=O)c1c(Nc2nc3ccc(F)cc3s2)sc2c1CCC2. The number of carbonyl (C=O) groups excluding carboxylic acids is 1. The highest BCUT2D eigenvalue weighted by molar-refractivity contribution is 7.23.